The van der Waals surface area contributed by atoms with Crippen LogP contribution < -0.4 is 9.47 Å². The third-order valence-electron chi connectivity index (χ3n) is 2.75. The van der Waals surface area contributed by atoms with Gasteiger partial charge in [0.2, 0.25) is 0 Å². The van der Waals surface area contributed by atoms with Crippen molar-refractivity contribution < 1.29 is 18.7 Å². The topological polar surface area (TPSA) is 35.5 Å². The molecule has 0 aromatic heterocycles. The summed E-state index contributed by atoms with van der Waals surface area (Å²) in [6.07, 6.45) is 0. The molecule has 21 heavy (non-hydrogen) atoms. The number of hydrogen-bond donors (Lipinski definition) is 0. The quantitative estimate of drug-likeness (QED) is 0.571. The molecule has 3 nitrogen and oxygen atoms in total. The van der Waals surface area contributed by atoms with Crippen LogP contribution in [0.1, 0.15) is 10.4 Å². The zero-order chi connectivity index (χ0) is 15.4. The number of halogens is 3. The Hall–Kier alpha value is -1.59. The van der Waals surface area contributed by atoms with E-state index in [1.165, 1.54) is 6.07 Å². The maximum Gasteiger partial charge on any atom is 0.200 e. The van der Waals surface area contributed by atoms with Crippen LogP contribution in [0.5, 0.6) is 11.5 Å². The largest absolute Gasteiger partial charge is 0.497 e. The maximum absolute atomic E-state index is 13.4. The molecule has 0 atom stereocenters. The Morgan fingerprint density at radius 1 is 1.29 bits per heavy atom. The van der Waals surface area contributed by atoms with Crippen molar-refractivity contribution in [3.05, 3.63) is 57.3 Å². The van der Waals surface area contributed by atoms with Gasteiger partial charge in [0.05, 0.1) is 16.6 Å². The minimum atomic E-state index is -0.605. The van der Waals surface area contributed by atoms with E-state index >= 15 is 0 Å². The standard InChI is InChI=1S/C15H11BrClFO3/c1-20-10-4-2-9(3-5-10)14(19)8-21-15-7-13(18)12(17)6-11(15)16/h2-7H,8H2,1H3. The smallest absolute Gasteiger partial charge is 0.200 e. The summed E-state index contributed by atoms with van der Waals surface area (Å²) in [6.45, 7) is -0.202. The predicted molar refractivity (Wildman–Crippen MR) is 81.9 cm³/mol. The molecule has 0 aliphatic heterocycles. The molecule has 2 aromatic carbocycles. The van der Waals surface area contributed by atoms with Gasteiger partial charge in [-0.05, 0) is 46.3 Å². The maximum atomic E-state index is 13.4. The van der Waals surface area contributed by atoms with Crippen molar-refractivity contribution in [1.29, 1.82) is 0 Å². The van der Waals surface area contributed by atoms with Crippen LogP contribution >= 0.6 is 27.5 Å². The number of rotatable bonds is 5. The van der Waals surface area contributed by atoms with Crippen LogP contribution in [0, 0.1) is 5.82 Å². The lowest BCUT2D eigenvalue weighted by atomic mass is 10.1. The fraction of sp³-hybridized carbons (Fsp3) is 0.133. The predicted octanol–water partition coefficient (Wildman–Crippen LogP) is 4.51. The minimum absolute atomic E-state index is 0.0179. The molecule has 2 aromatic rings. The number of methoxy groups -OCH3 is 1. The molecule has 0 N–H and O–H groups in total. The van der Waals surface area contributed by atoms with Crippen LogP contribution in [0.2, 0.25) is 5.02 Å². The van der Waals surface area contributed by atoms with Crippen LogP contribution in [-0.2, 0) is 0 Å². The number of hydrogen-bond acceptors (Lipinski definition) is 3. The molecule has 6 heteroatoms. The van der Waals surface area contributed by atoms with Gasteiger partial charge in [-0.25, -0.2) is 4.39 Å². The second-order valence-corrected chi connectivity index (χ2v) is 5.40. The van der Waals surface area contributed by atoms with Crippen molar-refractivity contribution >= 4 is 33.3 Å². The number of benzene rings is 2. The average molecular weight is 374 g/mol. The van der Waals surface area contributed by atoms with E-state index in [1.54, 1.807) is 31.4 Å². The Labute approximate surface area is 134 Å². The summed E-state index contributed by atoms with van der Waals surface area (Å²) in [6, 6.07) is 9.16. The monoisotopic (exact) mass is 372 g/mol. The first kappa shape index (κ1) is 15.8. The van der Waals surface area contributed by atoms with Gasteiger partial charge in [-0.1, -0.05) is 11.6 Å². The first-order valence-electron chi connectivity index (χ1n) is 5.96. The van der Waals surface area contributed by atoms with Crippen molar-refractivity contribution in [2.45, 2.75) is 0 Å². The normalized spacial score (nSPS) is 10.3. The Balaban J connectivity index is 2.05. The molecule has 0 saturated carbocycles. The number of Topliss-reactive ketones (excluding diaryl/α,β-unsaturated/α-hetero) is 1. The minimum Gasteiger partial charge on any atom is -0.497 e. The number of carbonyl (C=O) groups is 1. The Bertz CT molecular complexity index is 659. The van der Waals surface area contributed by atoms with Gasteiger partial charge in [0, 0.05) is 11.6 Å². The molecule has 0 saturated heterocycles. The summed E-state index contributed by atoms with van der Waals surface area (Å²) in [4.78, 5) is 12.0. The second kappa shape index (κ2) is 6.91. The van der Waals surface area contributed by atoms with Gasteiger partial charge in [-0.3, -0.25) is 4.79 Å². The fourth-order valence-corrected chi connectivity index (χ4v) is 2.37. The van der Waals surface area contributed by atoms with Gasteiger partial charge in [0.25, 0.3) is 0 Å². The van der Waals surface area contributed by atoms with Gasteiger partial charge in [0.1, 0.15) is 17.3 Å². The Morgan fingerprint density at radius 2 is 1.95 bits per heavy atom. The fourth-order valence-electron chi connectivity index (χ4n) is 1.62. The van der Waals surface area contributed by atoms with Gasteiger partial charge in [0.15, 0.2) is 12.4 Å². The van der Waals surface area contributed by atoms with Gasteiger partial charge >= 0.3 is 0 Å². The first-order valence-corrected chi connectivity index (χ1v) is 7.13. The lowest BCUT2D eigenvalue weighted by Gasteiger charge is -2.09. The van der Waals surface area contributed by atoms with Crippen LogP contribution in [0.15, 0.2) is 40.9 Å². The van der Waals surface area contributed by atoms with Gasteiger partial charge < -0.3 is 9.47 Å². The summed E-state index contributed by atoms with van der Waals surface area (Å²) in [7, 11) is 1.55. The lowest BCUT2D eigenvalue weighted by molar-refractivity contribution is 0.0920. The van der Waals surface area contributed by atoms with E-state index in [9.17, 15) is 9.18 Å². The third-order valence-corrected chi connectivity index (χ3v) is 3.65. The molecule has 0 heterocycles. The zero-order valence-corrected chi connectivity index (χ0v) is 13.4. The van der Waals surface area contributed by atoms with E-state index in [1.807, 2.05) is 0 Å². The number of ketones is 1. The average Bonchev–Trinajstić information content (AvgIpc) is 2.49. The number of carbonyl (C=O) groups excluding carboxylic acids is 1. The van der Waals surface area contributed by atoms with E-state index in [0.717, 1.165) is 6.07 Å². The van der Waals surface area contributed by atoms with Crippen molar-refractivity contribution in [2.24, 2.45) is 0 Å². The molecular weight excluding hydrogens is 363 g/mol. The van der Waals surface area contributed by atoms with Crippen LogP contribution in [0.3, 0.4) is 0 Å². The van der Waals surface area contributed by atoms with Crippen LogP contribution in [0.25, 0.3) is 0 Å². The molecule has 0 unspecified atom stereocenters. The molecule has 0 radical (unpaired) electrons. The van der Waals surface area contributed by atoms with E-state index in [2.05, 4.69) is 15.9 Å². The molecular formula is C15H11BrClFO3. The second-order valence-electron chi connectivity index (χ2n) is 4.14. The third kappa shape index (κ3) is 3.95. The van der Waals surface area contributed by atoms with Crippen molar-refractivity contribution in [3.8, 4) is 11.5 Å². The van der Waals surface area contributed by atoms with E-state index in [4.69, 9.17) is 21.1 Å². The summed E-state index contributed by atoms with van der Waals surface area (Å²) in [5.41, 5.74) is 0.487. The molecule has 0 amide bonds. The SMILES string of the molecule is COc1ccc(C(=O)COc2cc(F)c(Cl)cc2Br)cc1. The summed E-state index contributed by atoms with van der Waals surface area (Å²) in [5.74, 6) is 0.0559. The molecule has 2 rings (SSSR count). The summed E-state index contributed by atoms with van der Waals surface area (Å²) >= 11 is 8.84. The first-order chi connectivity index (χ1) is 10.0. The highest BCUT2D eigenvalue weighted by atomic mass is 79.9. The van der Waals surface area contributed by atoms with Crippen molar-refractivity contribution in [3.63, 3.8) is 0 Å². The molecule has 110 valence electrons. The highest BCUT2D eigenvalue weighted by Crippen LogP contribution is 2.30. The van der Waals surface area contributed by atoms with Crippen molar-refractivity contribution in [1.82, 2.24) is 0 Å². The van der Waals surface area contributed by atoms with Gasteiger partial charge in [-0.15, -0.1) is 0 Å². The highest BCUT2D eigenvalue weighted by molar-refractivity contribution is 9.10. The zero-order valence-electron chi connectivity index (χ0n) is 11.0. The van der Waals surface area contributed by atoms with Gasteiger partial charge in [-0.2, -0.15) is 0 Å². The molecule has 0 aliphatic rings. The number of ether oxygens (including phenoxy) is 2. The van der Waals surface area contributed by atoms with Crippen LogP contribution in [-0.4, -0.2) is 19.5 Å². The molecule has 0 aliphatic carbocycles. The van der Waals surface area contributed by atoms with E-state index < -0.39 is 5.82 Å². The Kier molecular flexibility index (Phi) is 5.20. The van der Waals surface area contributed by atoms with Crippen LogP contribution in [0.4, 0.5) is 4.39 Å². The Morgan fingerprint density at radius 3 is 2.57 bits per heavy atom. The molecule has 0 spiro atoms. The molecule has 0 fully saturated rings. The van der Waals surface area contributed by atoms with Crippen molar-refractivity contribution in [2.75, 3.05) is 13.7 Å². The van der Waals surface area contributed by atoms with E-state index in [0.29, 0.717) is 15.8 Å². The lowest BCUT2D eigenvalue weighted by Crippen LogP contribution is -2.11. The van der Waals surface area contributed by atoms with E-state index in [-0.39, 0.29) is 23.2 Å². The highest BCUT2D eigenvalue weighted by Gasteiger charge is 2.11. The summed E-state index contributed by atoms with van der Waals surface area (Å²) in [5, 5.41) is -0.0179. The molecule has 0 bridgehead atoms. The summed E-state index contributed by atoms with van der Waals surface area (Å²) < 4.78 is 24.2.